The van der Waals surface area contributed by atoms with Gasteiger partial charge in [-0.05, 0) is 6.40 Å². The van der Waals surface area contributed by atoms with Crippen molar-refractivity contribution < 1.29 is 20.3 Å². The van der Waals surface area contributed by atoms with E-state index < -0.39 is 36.4 Å². The maximum absolute atomic E-state index is 10.5. The maximum Gasteiger partial charge on any atom is 0.320 e. The van der Waals surface area contributed by atoms with Crippen LogP contribution in [0.15, 0.2) is 0 Å². The summed E-state index contributed by atoms with van der Waals surface area (Å²) >= 11 is 0. The van der Waals surface area contributed by atoms with Crippen molar-refractivity contribution in [1.82, 2.24) is 0 Å². The fourth-order valence-corrected chi connectivity index (χ4v) is 0.285. The number of carbonyl (C=O) groups excluding carboxylic acids is 1. The van der Waals surface area contributed by atoms with E-state index in [4.69, 9.17) is 16.4 Å². The molecule has 2 atom stereocenters. The Morgan fingerprint density at radius 1 is 1.90 bits per heavy atom. The largest absolute Gasteiger partial charge is 0.480 e. The van der Waals surface area contributed by atoms with E-state index in [-0.39, 0.29) is 0 Å². The highest BCUT2D eigenvalue weighted by Crippen LogP contribution is 1.92. The van der Waals surface area contributed by atoms with Gasteiger partial charge in [0.25, 0.3) is 0 Å². The normalized spacial score (nSPS) is 24.9. The lowest BCUT2D eigenvalue weighted by molar-refractivity contribution is -0.138. The minimum absolute atomic E-state index is 0.435. The van der Waals surface area contributed by atoms with Gasteiger partial charge in [0.2, 0.25) is 5.91 Å². The highest BCUT2D eigenvalue weighted by Gasteiger charge is 2.11. The summed E-state index contributed by atoms with van der Waals surface area (Å²) in [4.78, 5) is 20.9. The zero-order chi connectivity index (χ0) is 11.5. The molecule has 1 unspecified atom stereocenters. The first-order chi connectivity index (χ1) is 6.22. The van der Waals surface area contributed by atoms with Gasteiger partial charge in [-0.15, -0.1) is 0 Å². The summed E-state index contributed by atoms with van der Waals surface area (Å²) in [6, 6.07) is -2.81. The van der Waals surface area contributed by atoms with Gasteiger partial charge in [-0.25, -0.2) is 0 Å². The second-order valence-corrected chi connectivity index (χ2v) is 1.56. The number of amides is 1. The van der Waals surface area contributed by atoms with Crippen LogP contribution in [0.3, 0.4) is 0 Å². The Hall–Kier alpha value is -1.10. The summed E-state index contributed by atoms with van der Waals surface area (Å²) in [5.41, 5.74) is 4.28. The monoisotopic (exact) mass is 150 g/mol. The van der Waals surface area contributed by atoms with Crippen LogP contribution in [0, 0.1) is 0 Å². The number of hydrogen-bond donors (Lipinski definition) is 3. The van der Waals surface area contributed by atoms with E-state index in [9.17, 15) is 9.59 Å². The quantitative estimate of drug-likeness (QED) is 0.451. The van der Waals surface area contributed by atoms with Crippen LogP contribution < -0.4 is 11.5 Å². The van der Waals surface area contributed by atoms with Crippen molar-refractivity contribution in [2.75, 3.05) is 0 Å². The Kier molecular flexibility index (Phi) is 1.51. The average Bonchev–Trinajstić information content (AvgIpc) is 2.00. The molecule has 0 spiro atoms. The fraction of sp³-hybridized carbons (Fsp3) is 0.600. The van der Waals surface area contributed by atoms with Crippen LogP contribution >= 0.6 is 0 Å². The zero-order valence-corrected chi connectivity index (χ0v) is 5.07. The number of rotatable bonds is 5. The summed E-state index contributed by atoms with van der Waals surface area (Å²) in [5, 5.41) is 8.54. The first-order valence-corrected chi connectivity index (χ1v) is 2.44. The maximum atomic E-state index is 10.5. The van der Waals surface area contributed by atoms with E-state index in [1.54, 1.807) is 0 Å². The highest BCUT2D eigenvalue weighted by atomic mass is 16.4. The third kappa shape index (κ3) is 3.85. The van der Waals surface area contributed by atoms with Gasteiger partial charge in [0.1, 0.15) is 8.84 Å². The van der Waals surface area contributed by atoms with Gasteiger partial charge in [0, 0.05) is 7.79 Å². The molecule has 0 aliphatic carbocycles. The van der Waals surface area contributed by atoms with E-state index in [0.29, 0.717) is 0 Å². The van der Waals surface area contributed by atoms with Crippen molar-refractivity contribution in [3.05, 3.63) is 0 Å². The average molecular weight is 150 g/mol. The Bertz CT molecular complexity index is 249. The van der Waals surface area contributed by atoms with Crippen molar-refractivity contribution in [3.8, 4) is 0 Å². The van der Waals surface area contributed by atoms with E-state index in [0.717, 1.165) is 0 Å². The lowest BCUT2D eigenvalue weighted by Gasteiger charge is -2.01. The molecule has 0 aliphatic rings. The molecule has 0 aromatic heterocycles. The number of carboxylic acids is 1. The van der Waals surface area contributed by atoms with Crippen molar-refractivity contribution in [3.63, 3.8) is 0 Å². The Morgan fingerprint density at radius 2 is 2.50 bits per heavy atom. The number of aliphatic carboxylic acids is 1. The van der Waals surface area contributed by atoms with E-state index >= 15 is 0 Å². The molecule has 0 radical (unpaired) electrons. The molecule has 1 amide bonds. The molecule has 0 aromatic rings. The SMILES string of the molecule is [2H]C(CC(N)=O)[C@@]([2H])(C(=O)O)N([2H])[2H]. The molecule has 0 heterocycles. The fourth-order valence-electron chi connectivity index (χ4n) is 0.285. The lowest BCUT2D eigenvalue weighted by Crippen LogP contribution is -2.31. The van der Waals surface area contributed by atoms with Crippen LogP contribution in [0.1, 0.15) is 15.6 Å². The molecule has 0 fully saturated rings. The summed E-state index contributed by atoms with van der Waals surface area (Å²) in [6.07, 6.45) is -2.48. The minimum Gasteiger partial charge on any atom is -0.480 e. The molecular formula is C5H10N2O3. The lowest BCUT2D eigenvalue weighted by atomic mass is 10.2. The van der Waals surface area contributed by atoms with E-state index in [2.05, 4.69) is 0 Å². The summed E-state index contributed by atoms with van der Waals surface area (Å²) in [5.74, 6) is -2.80. The molecule has 10 heavy (non-hydrogen) atoms. The summed E-state index contributed by atoms with van der Waals surface area (Å²) < 4.78 is 27.7. The number of primary amides is 1. The predicted octanol–water partition coefficient (Wildman–Crippen LogP) is -1.34. The molecule has 58 valence electrons. The number of nitrogens with two attached hydrogens (primary N) is 2. The van der Waals surface area contributed by atoms with Gasteiger partial charge < -0.3 is 16.6 Å². The van der Waals surface area contributed by atoms with Gasteiger partial charge in [-0.1, -0.05) is 0 Å². The van der Waals surface area contributed by atoms with Crippen LogP contribution in [0.2, 0.25) is 2.82 Å². The summed E-state index contributed by atoms with van der Waals surface area (Å²) in [7, 11) is 0. The molecule has 0 aliphatic heterocycles. The Balaban J connectivity index is 4.82. The first-order valence-electron chi connectivity index (χ1n) is 4.42. The topological polar surface area (TPSA) is 106 Å². The van der Waals surface area contributed by atoms with Crippen molar-refractivity contribution >= 4 is 11.9 Å². The smallest absolute Gasteiger partial charge is 0.320 e. The van der Waals surface area contributed by atoms with Crippen molar-refractivity contribution in [1.29, 1.82) is 0 Å². The standard InChI is InChI=1S/C5H10N2O3/c6-3(5(9)10)1-2-4(7)8/h3H,1-2,6H2,(H2,7,8)(H,9,10)/t3-/m0/s1/i1D,3D/hD2/t1?,3-. The Labute approximate surface area is 63.7 Å². The second kappa shape index (κ2) is 3.84. The molecule has 5 N–H and O–H groups in total. The minimum atomic E-state index is -2.81. The number of hydrogen-bond acceptors (Lipinski definition) is 3. The van der Waals surface area contributed by atoms with Gasteiger partial charge in [0.05, 0.1) is 1.37 Å². The molecule has 5 nitrogen and oxygen atoms in total. The predicted molar refractivity (Wildman–Crippen MR) is 34.0 cm³/mol. The summed E-state index contributed by atoms with van der Waals surface area (Å²) in [6.45, 7) is 0. The third-order valence-electron chi connectivity index (χ3n) is 0.716. The first kappa shape index (κ1) is 3.92. The number of carbonyl (C=O) groups is 2. The van der Waals surface area contributed by atoms with E-state index in [1.807, 2.05) is 0 Å². The molecule has 0 saturated carbocycles. The van der Waals surface area contributed by atoms with Crippen LogP contribution in [0.4, 0.5) is 0 Å². The van der Waals surface area contributed by atoms with Gasteiger partial charge in [0.15, 0.2) is 0 Å². The molecule has 0 aromatic carbocycles. The third-order valence-corrected chi connectivity index (χ3v) is 0.716. The van der Waals surface area contributed by atoms with Gasteiger partial charge in [-0.2, -0.15) is 0 Å². The van der Waals surface area contributed by atoms with Gasteiger partial charge in [-0.3, -0.25) is 9.59 Å². The molecule has 0 rings (SSSR count). The number of carboxylic acid groups (broad SMARTS) is 1. The molecular weight excluding hydrogens is 136 g/mol. The van der Waals surface area contributed by atoms with E-state index in [1.165, 1.54) is 0 Å². The van der Waals surface area contributed by atoms with Crippen LogP contribution in [-0.4, -0.2) is 23.0 Å². The molecule has 5 heteroatoms. The molecule has 0 saturated heterocycles. The van der Waals surface area contributed by atoms with Crippen LogP contribution in [0.5, 0.6) is 0 Å². The van der Waals surface area contributed by atoms with Crippen molar-refractivity contribution in [2.24, 2.45) is 11.5 Å². The zero-order valence-electron chi connectivity index (χ0n) is 9.07. The Morgan fingerprint density at radius 3 is 2.80 bits per heavy atom. The van der Waals surface area contributed by atoms with Crippen molar-refractivity contribution in [2.45, 2.75) is 18.8 Å². The van der Waals surface area contributed by atoms with Gasteiger partial charge >= 0.3 is 5.97 Å². The van der Waals surface area contributed by atoms with Crippen LogP contribution in [0.25, 0.3) is 0 Å². The molecule has 0 bridgehead atoms. The van der Waals surface area contributed by atoms with Crippen LogP contribution in [-0.2, 0) is 9.59 Å². The second-order valence-electron chi connectivity index (χ2n) is 1.56. The highest BCUT2D eigenvalue weighted by molar-refractivity contribution is 5.76.